The zero-order valence-electron chi connectivity index (χ0n) is 21.5. The van der Waals surface area contributed by atoms with E-state index in [2.05, 4.69) is 28.7 Å². The van der Waals surface area contributed by atoms with Gasteiger partial charge in [-0.25, -0.2) is 4.99 Å². The summed E-state index contributed by atoms with van der Waals surface area (Å²) in [5, 5.41) is 9.99. The van der Waals surface area contributed by atoms with E-state index >= 15 is 0 Å². The Morgan fingerprint density at radius 1 is 1.07 bits per heavy atom. The van der Waals surface area contributed by atoms with E-state index in [9.17, 15) is 10.1 Å². The van der Waals surface area contributed by atoms with Gasteiger partial charge in [-0.05, 0) is 95.4 Å². The van der Waals surface area contributed by atoms with Crippen LogP contribution in [0.4, 0.5) is 5.69 Å². The molecule has 2 heterocycles. The molecule has 0 saturated carbocycles. The molecule has 0 unspecified atom stereocenters. The first kappa shape index (κ1) is 27.6. The zero-order valence-corrected chi connectivity index (χ0v) is 24.5. The van der Waals surface area contributed by atoms with Gasteiger partial charge in [0.1, 0.15) is 12.4 Å². The topological polar surface area (TPSA) is 88.1 Å². The Morgan fingerprint density at radius 3 is 2.62 bits per heavy atom. The molecule has 40 heavy (non-hydrogen) atoms. The number of hydrogen-bond donors (Lipinski definition) is 0. The number of furan rings is 1. The number of amides is 1. The molecule has 0 atom stereocenters. The van der Waals surface area contributed by atoms with E-state index in [1.165, 1.54) is 11.8 Å². The molecule has 1 aliphatic rings. The van der Waals surface area contributed by atoms with Crippen molar-refractivity contribution >= 4 is 57.2 Å². The first-order valence-electron chi connectivity index (χ1n) is 12.5. The first-order chi connectivity index (χ1) is 19.6. The number of thioether (sulfide) groups is 1. The van der Waals surface area contributed by atoms with Crippen molar-refractivity contribution in [2.24, 2.45) is 4.99 Å². The molecule has 1 amide bonds. The predicted molar refractivity (Wildman–Crippen MR) is 164 cm³/mol. The number of aliphatic imine (C=N–C) groups is 1. The number of nitrogens with zero attached hydrogens (tertiary/aromatic N) is 3. The van der Waals surface area contributed by atoms with Crippen molar-refractivity contribution in [2.75, 3.05) is 6.61 Å². The molecule has 9 heteroatoms. The molecule has 0 spiro atoms. The van der Waals surface area contributed by atoms with Gasteiger partial charge in [0.25, 0.3) is 5.91 Å². The quantitative estimate of drug-likeness (QED) is 0.136. The molecule has 5 rings (SSSR count). The van der Waals surface area contributed by atoms with Gasteiger partial charge in [-0.2, -0.15) is 5.26 Å². The summed E-state index contributed by atoms with van der Waals surface area (Å²) in [7, 11) is 0. The number of carbonyl (C=O) groups excluding carboxylic acids is 1. The Bertz CT molecular complexity index is 1610. The lowest BCUT2D eigenvalue weighted by Gasteiger charge is -2.15. The fraction of sp³-hybridized carbons (Fsp3) is 0.129. The summed E-state index contributed by atoms with van der Waals surface area (Å²) in [6.07, 6.45) is 3.43. The fourth-order valence-electron chi connectivity index (χ4n) is 4.03. The minimum absolute atomic E-state index is 0.155. The smallest absolute Gasteiger partial charge is 0.267 e. The van der Waals surface area contributed by atoms with Gasteiger partial charge in [-0.15, -0.1) is 0 Å². The maximum atomic E-state index is 13.5. The van der Waals surface area contributed by atoms with Gasteiger partial charge in [-0.3, -0.25) is 9.69 Å². The number of amidine groups is 1. The molecule has 0 bridgehead atoms. The Morgan fingerprint density at radius 2 is 1.88 bits per heavy atom. The maximum absolute atomic E-state index is 13.5. The molecular formula is C31H24IN3O4S. The van der Waals surface area contributed by atoms with Crippen molar-refractivity contribution in [1.29, 1.82) is 5.26 Å². The number of halogens is 1. The highest BCUT2D eigenvalue weighted by molar-refractivity contribution is 14.1. The van der Waals surface area contributed by atoms with Crippen LogP contribution in [-0.2, 0) is 17.9 Å². The summed E-state index contributed by atoms with van der Waals surface area (Å²) in [5.41, 5.74) is 2.92. The molecular weight excluding hydrogens is 637 g/mol. The van der Waals surface area contributed by atoms with E-state index < -0.39 is 0 Å². The van der Waals surface area contributed by atoms with Crippen LogP contribution in [0.1, 0.15) is 29.4 Å². The number of benzene rings is 3. The van der Waals surface area contributed by atoms with Gasteiger partial charge in [0.05, 0.1) is 45.2 Å². The van der Waals surface area contributed by atoms with Crippen LogP contribution < -0.4 is 9.47 Å². The molecule has 1 saturated heterocycles. The summed E-state index contributed by atoms with van der Waals surface area (Å²) in [6, 6.07) is 26.5. The van der Waals surface area contributed by atoms with Gasteiger partial charge in [-0.1, -0.05) is 36.4 Å². The van der Waals surface area contributed by atoms with E-state index in [1.807, 2.05) is 79.7 Å². The fourth-order valence-corrected chi connectivity index (χ4v) is 5.81. The molecule has 200 valence electrons. The van der Waals surface area contributed by atoms with Crippen LogP contribution in [0.25, 0.3) is 6.08 Å². The minimum Gasteiger partial charge on any atom is -0.490 e. The molecule has 1 aromatic heterocycles. The summed E-state index contributed by atoms with van der Waals surface area (Å²) in [4.78, 5) is 20.5. The molecule has 0 N–H and O–H groups in total. The largest absolute Gasteiger partial charge is 0.490 e. The van der Waals surface area contributed by atoms with Gasteiger partial charge in [0.2, 0.25) is 0 Å². The molecule has 7 nitrogen and oxygen atoms in total. The summed E-state index contributed by atoms with van der Waals surface area (Å²) < 4.78 is 18.4. The lowest BCUT2D eigenvalue weighted by molar-refractivity contribution is -0.122. The third-order valence-electron chi connectivity index (χ3n) is 5.90. The van der Waals surface area contributed by atoms with E-state index in [0.29, 0.717) is 39.5 Å². The van der Waals surface area contributed by atoms with Gasteiger partial charge in [0, 0.05) is 5.56 Å². The van der Waals surface area contributed by atoms with Crippen LogP contribution in [-0.4, -0.2) is 22.6 Å². The number of para-hydroxylation sites is 1. The lowest BCUT2D eigenvalue weighted by Crippen LogP contribution is -2.28. The predicted octanol–water partition coefficient (Wildman–Crippen LogP) is 7.54. The number of ether oxygens (including phenoxy) is 2. The molecule has 1 fully saturated rings. The molecule has 0 aliphatic carbocycles. The highest BCUT2D eigenvalue weighted by Gasteiger charge is 2.34. The van der Waals surface area contributed by atoms with Gasteiger partial charge in [0.15, 0.2) is 16.7 Å². The Labute approximate surface area is 250 Å². The van der Waals surface area contributed by atoms with Crippen molar-refractivity contribution in [3.8, 4) is 17.6 Å². The van der Waals surface area contributed by atoms with Crippen molar-refractivity contribution in [3.63, 3.8) is 0 Å². The third kappa shape index (κ3) is 6.41. The molecule has 3 aromatic carbocycles. The molecule has 1 aliphatic heterocycles. The highest BCUT2D eigenvalue weighted by atomic mass is 127. The lowest BCUT2D eigenvalue weighted by atomic mass is 10.1. The SMILES string of the molecule is CCOc1cc(/C=C2\SC(=Nc3ccccc3)N(Cc3ccco3)C2=O)cc(I)c1OCc1ccccc1C#N. The second kappa shape index (κ2) is 12.9. The number of nitriles is 1. The van der Waals surface area contributed by atoms with E-state index in [1.54, 1.807) is 23.3 Å². The van der Waals surface area contributed by atoms with E-state index in [0.717, 1.165) is 20.4 Å². The third-order valence-corrected chi connectivity index (χ3v) is 7.71. The van der Waals surface area contributed by atoms with Crippen molar-refractivity contribution < 1.29 is 18.7 Å². The van der Waals surface area contributed by atoms with E-state index in [4.69, 9.17) is 18.9 Å². The standard InChI is InChI=1S/C31H24IN3O4S/c1-2-37-27-16-21(15-26(32)29(27)39-20-23-10-7-6-9-22(23)18-33)17-28-30(36)35(19-25-13-8-14-38-25)31(40-28)34-24-11-4-3-5-12-24/h3-17H,2,19-20H2,1H3/b28-17-,34-31?. The second-order valence-corrected chi connectivity index (χ2v) is 10.8. The van der Waals surface area contributed by atoms with Gasteiger partial charge < -0.3 is 13.9 Å². The summed E-state index contributed by atoms with van der Waals surface area (Å²) in [6.45, 7) is 2.86. The molecule has 0 radical (unpaired) electrons. The Hall–Kier alpha value is -4.01. The number of carbonyl (C=O) groups is 1. The van der Waals surface area contributed by atoms with Crippen LogP contribution in [0.3, 0.4) is 0 Å². The van der Waals surface area contributed by atoms with Gasteiger partial charge >= 0.3 is 0 Å². The summed E-state index contributed by atoms with van der Waals surface area (Å²) in [5.74, 6) is 1.67. The van der Waals surface area contributed by atoms with Crippen molar-refractivity contribution in [2.45, 2.75) is 20.1 Å². The average molecular weight is 662 g/mol. The highest BCUT2D eigenvalue weighted by Crippen LogP contribution is 2.39. The average Bonchev–Trinajstić information content (AvgIpc) is 3.58. The zero-order chi connectivity index (χ0) is 27.9. The van der Waals surface area contributed by atoms with Crippen LogP contribution in [0, 0.1) is 14.9 Å². The Kier molecular flexibility index (Phi) is 8.88. The number of rotatable bonds is 9. The van der Waals surface area contributed by atoms with Crippen LogP contribution in [0.5, 0.6) is 11.5 Å². The first-order valence-corrected chi connectivity index (χ1v) is 14.4. The van der Waals surface area contributed by atoms with Crippen LogP contribution in [0.15, 0.2) is 99.4 Å². The normalized spacial score (nSPS) is 15.0. The minimum atomic E-state index is -0.155. The monoisotopic (exact) mass is 661 g/mol. The number of hydrogen-bond acceptors (Lipinski definition) is 7. The molecule has 4 aromatic rings. The summed E-state index contributed by atoms with van der Waals surface area (Å²) >= 11 is 3.52. The Balaban J connectivity index is 1.45. The maximum Gasteiger partial charge on any atom is 0.267 e. The van der Waals surface area contributed by atoms with Crippen LogP contribution in [0.2, 0.25) is 0 Å². The van der Waals surface area contributed by atoms with Crippen molar-refractivity contribution in [3.05, 3.63) is 116 Å². The van der Waals surface area contributed by atoms with E-state index in [-0.39, 0.29) is 19.1 Å². The van der Waals surface area contributed by atoms with Crippen LogP contribution >= 0.6 is 34.4 Å². The van der Waals surface area contributed by atoms with Crippen molar-refractivity contribution in [1.82, 2.24) is 4.90 Å². The second-order valence-electron chi connectivity index (χ2n) is 8.63.